The molecule has 0 atom stereocenters. The maximum absolute atomic E-state index is 13.3. The number of nitrogens with zero attached hydrogens (tertiary/aromatic N) is 2. The first-order valence-electron chi connectivity index (χ1n) is 11.6. The molecule has 2 aromatic carbocycles. The lowest BCUT2D eigenvalue weighted by Gasteiger charge is -2.29. The van der Waals surface area contributed by atoms with E-state index in [1.807, 2.05) is 18.4 Å². The zero-order valence-corrected chi connectivity index (χ0v) is 20.7. The number of hydrogen-bond donors (Lipinski definition) is 2. The third-order valence-electron chi connectivity index (χ3n) is 6.29. The van der Waals surface area contributed by atoms with Crippen molar-refractivity contribution in [2.24, 2.45) is 10.9 Å². The van der Waals surface area contributed by atoms with Gasteiger partial charge in [0.15, 0.2) is 9.84 Å². The highest BCUT2D eigenvalue weighted by molar-refractivity contribution is 7.90. The molecule has 0 unspecified atom stereocenters. The Hall–Kier alpha value is -3.27. The summed E-state index contributed by atoms with van der Waals surface area (Å²) in [6.45, 7) is 3.85. The van der Waals surface area contributed by atoms with Gasteiger partial charge in [-0.3, -0.25) is 9.59 Å². The summed E-state index contributed by atoms with van der Waals surface area (Å²) in [5.74, 6) is -1.04. The predicted octanol–water partition coefficient (Wildman–Crippen LogP) is 3.51. The van der Waals surface area contributed by atoms with Crippen LogP contribution in [0.15, 0.2) is 52.4 Å². The van der Waals surface area contributed by atoms with E-state index in [-0.39, 0.29) is 40.0 Å². The molecule has 0 saturated heterocycles. The van der Waals surface area contributed by atoms with Crippen LogP contribution < -0.4 is 10.9 Å². The van der Waals surface area contributed by atoms with Crippen LogP contribution in [0, 0.1) is 11.7 Å². The highest BCUT2D eigenvalue weighted by atomic mass is 32.2. The van der Waals surface area contributed by atoms with Crippen molar-refractivity contribution >= 4 is 32.7 Å². The summed E-state index contributed by atoms with van der Waals surface area (Å²) in [4.78, 5) is 32.9. The van der Waals surface area contributed by atoms with Gasteiger partial charge in [0.2, 0.25) is 11.5 Å². The zero-order valence-electron chi connectivity index (χ0n) is 19.9. The van der Waals surface area contributed by atoms with Crippen molar-refractivity contribution < 1.29 is 22.4 Å². The monoisotopic (exact) mass is 500 g/mol. The number of fused-ring (bicyclic) bond motifs is 1. The molecule has 1 aromatic heterocycles. The van der Waals surface area contributed by atoms with Crippen molar-refractivity contribution in [3.05, 3.63) is 59.5 Å². The SMILES string of the molecule is CC(C)NC(=O)[C@H]1CC[C@@H](n2/c(=N/C(=O)c3ccc(F)cc3)[nH]c3ccc(S(C)(=O)=O)cc32)CC1. The Morgan fingerprint density at radius 2 is 1.74 bits per heavy atom. The van der Waals surface area contributed by atoms with Crippen molar-refractivity contribution in [3.63, 3.8) is 0 Å². The van der Waals surface area contributed by atoms with Crippen LogP contribution in [0.2, 0.25) is 0 Å². The van der Waals surface area contributed by atoms with E-state index in [1.165, 1.54) is 30.3 Å². The van der Waals surface area contributed by atoms with Gasteiger partial charge >= 0.3 is 0 Å². The van der Waals surface area contributed by atoms with E-state index in [0.29, 0.717) is 36.7 Å². The average molecular weight is 501 g/mol. The molecule has 1 saturated carbocycles. The first kappa shape index (κ1) is 24.8. The van der Waals surface area contributed by atoms with Crippen molar-refractivity contribution in [2.75, 3.05) is 6.26 Å². The molecule has 10 heteroatoms. The molecule has 2 amide bonds. The molecular weight excluding hydrogens is 471 g/mol. The summed E-state index contributed by atoms with van der Waals surface area (Å²) in [7, 11) is -3.45. The largest absolute Gasteiger partial charge is 0.354 e. The first-order valence-corrected chi connectivity index (χ1v) is 13.5. The Bertz CT molecular complexity index is 1430. The summed E-state index contributed by atoms with van der Waals surface area (Å²) < 4.78 is 39.5. The molecular formula is C25H29FN4O4S. The number of carbonyl (C=O) groups is 2. The Morgan fingerprint density at radius 3 is 2.34 bits per heavy atom. The predicted molar refractivity (Wildman–Crippen MR) is 130 cm³/mol. The fraction of sp³-hybridized carbons (Fsp3) is 0.400. The number of H-pyrrole nitrogens is 1. The van der Waals surface area contributed by atoms with Gasteiger partial charge in [0.25, 0.3) is 5.91 Å². The number of halogens is 1. The number of carbonyl (C=O) groups excluding carboxylic acids is 2. The first-order chi connectivity index (χ1) is 16.5. The second-order valence-corrected chi connectivity index (χ2v) is 11.4. The number of nitrogens with one attached hydrogen (secondary N) is 2. The fourth-order valence-electron chi connectivity index (χ4n) is 4.55. The third kappa shape index (κ3) is 5.53. The fourth-order valence-corrected chi connectivity index (χ4v) is 5.19. The smallest absolute Gasteiger partial charge is 0.280 e. The van der Waals surface area contributed by atoms with Crippen LogP contribution in [0.4, 0.5) is 4.39 Å². The van der Waals surface area contributed by atoms with Crippen LogP contribution in [-0.2, 0) is 14.6 Å². The van der Waals surface area contributed by atoms with Gasteiger partial charge in [-0.15, -0.1) is 0 Å². The van der Waals surface area contributed by atoms with Crippen LogP contribution in [0.3, 0.4) is 0 Å². The highest BCUT2D eigenvalue weighted by Crippen LogP contribution is 2.33. The van der Waals surface area contributed by atoms with E-state index in [0.717, 1.165) is 6.26 Å². The average Bonchev–Trinajstić information content (AvgIpc) is 3.15. The maximum Gasteiger partial charge on any atom is 0.280 e. The standard InChI is InChI=1S/C25H29FN4O4S/c1-15(2)27-23(31)17-6-10-19(11-7-17)30-22-14-20(35(3,33)34)12-13-21(22)28-25(30)29-24(32)16-4-8-18(26)9-5-16/h4-5,8-9,12-15,17,19H,6-7,10-11H2,1-3H3,(H,27,31)(H,28,29,32)/t17-,19+. The van der Waals surface area contributed by atoms with Crippen molar-refractivity contribution in [1.82, 2.24) is 14.9 Å². The number of hydrogen-bond acceptors (Lipinski definition) is 4. The summed E-state index contributed by atoms with van der Waals surface area (Å²) in [6.07, 6.45) is 3.82. The van der Waals surface area contributed by atoms with Crippen LogP contribution in [-0.4, -0.2) is 42.1 Å². The molecule has 1 aliphatic carbocycles. The molecule has 2 N–H and O–H groups in total. The third-order valence-corrected chi connectivity index (χ3v) is 7.40. The molecule has 3 aromatic rings. The molecule has 0 bridgehead atoms. The zero-order chi connectivity index (χ0) is 25.3. The minimum absolute atomic E-state index is 0.0399. The Morgan fingerprint density at radius 1 is 1.09 bits per heavy atom. The van der Waals surface area contributed by atoms with Gasteiger partial charge in [0.05, 0.1) is 15.9 Å². The van der Waals surface area contributed by atoms with Crippen molar-refractivity contribution in [3.8, 4) is 0 Å². The lowest BCUT2D eigenvalue weighted by Crippen LogP contribution is -2.38. The minimum atomic E-state index is -3.45. The van der Waals surface area contributed by atoms with E-state index in [4.69, 9.17) is 0 Å². The van der Waals surface area contributed by atoms with Gasteiger partial charge in [0.1, 0.15) is 5.82 Å². The van der Waals surface area contributed by atoms with Gasteiger partial charge in [-0.25, -0.2) is 12.8 Å². The van der Waals surface area contributed by atoms with E-state index in [2.05, 4.69) is 15.3 Å². The molecule has 1 heterocycles. The van der Waals surface area contributed by atoms with Crippen LogP contribution in [0.5, 0.6) is 0 Å². The summed E-state index contributed by atoms with van der Waals surface area (Å²) >= 11 is 0. The number of amides is 2. The number of aromatic amines is 1. The van der Waals surface area contributed by atoms with E-state index < -0.39 is 21.6 Å². The number of aromatic nitrogens is 2. The van der Waals surface area contributed by atoms with Gasteiger partial charge < -0.3 is 14.9 Å². The van der Waals surface area contributed by atoms with Gasteiger partial charge in [-0.05, 0) is 82.0 Å². The number of sulfone groups is 1. The van der Waals surface area contributed by atoms with E-state index >= 15 is 0 Å². The molecule has 186 valence electrons. The molecule has 1 fully saturated rings. The lowest BCUT2D eigenvalue weighted by molar-refractivity contribution is -0.126. The lowest BCUT2D eigenvalue weighted by atomic mass is 9.85. The quantitative estimate of drug-likeness (QED) is 0.558. The summed E-state index contributed by atoms with van der Waals surface area (Å²) in [5, 5.41) is 2.97. The van der Waals surface area contributed by atoms with Gasteiger partial charge in [-0.1, -0.05) is 0 Å². The minimum Gasteiger partial charge on any atom is -0.354 e. The van der Waals surface area contributed by atoms with Crippen molar-refractivity contribution in [2.45, 2.75) is 56.5 Å². The second-order valence-electron chi connectivity index (χ2n) is 9.36. The highest BCUT2D eigenvalue weighted by Gasteiger charge is 2.29. The van der Waals surface area contributed by atoms with Gasteiger partial charge in [0, 0.05) is 29.8 Å². The number of benzene rings is 2. The topological polar surface area (TPSA) is 113 Å². The van der Waals surface area contributed by atoms with Gasteiger partial charge in [-0.2, -0.15) is 4.99 Å². The Labute approximate surface area is 203 Å². The van der Waals surface area contributed by atoms with Crippen LogP contribution >= 0.6 is 0 Å². The molecule has 35 heavy (non-hydrogen) atoms. The maximum atomic E-state index is 13.3. The molecule has 0 aliphatic heterocycles. The summed E-state index contributed by atoms with van der Waals surface area (Å²) in [6, 6.07) is 9.88. The molecule has 0 spiro atoms. The number of imidazole rings is 1. The van der Waals surface area contributed by atoms with E-state index in [1.54, 1.807) is 12.1 Å². The van der Waals surface area contributed by atoms with E-state index in [9.17, 15) is 22.4 Å². The number of rotatable bonds is 5. The van der Waals surface area contributed by atoms with Crippen LogP contribution in [0.1, 0.15) is 55.9 Å². The Kier molecular flexibility index (Phi) is 6.93. The molecule has 0 radical (unpaired) electrons. The molecule has 8 nitrogen and oxygen atoms in total. The van der Waals surface area contributed by atoms with Crippen LogP contribution in [0.25, 0.3) is 11.0 Å². The Balaban J connectivity index is 1.75. The van der Waals surface area contributed by atoms with Crippen molar-refractivity contribution in [1.29, 1.82) is 0 Å². The summed E-state index contributed by atoms with van der Waals surface area (Å²) in [5.41, 5.74) is 1.79. The second kappa shape index (κ2) is 9.77. The molecule has 1 aliphatic rings. The normalized spacial score (nSPS) is 19.3. The molecule has 4 rings (SSSR count).